The molecule has 246 valence electrons. The Morgan fingerprint density at radius 1 is 0.302 bits per heavy atom. The highest BCUT2D eigenvalue weighted by atomic mass is 16.3. The van der Waals surface area contributed by atoms with E-state index < -0.39 is 0 Å². The third kappa shape index (κ3) is 4.80. The molecule has 0 bridgehead atoms. The van der Waals surface area contributed by atoms with Gasteiger partial charge < -0.3 is 4.42 Å². The van der Waals surface area contributed by atoms with E-state index in [-0.39, 0.29) is 0 Å². The maximum absolute atomic E-state index is 6.75. The number of aromatic nitrogens is 3. The predicted octanol–water partition coefficient (Wildman–Crippen LogP) is 13.1. The zero-order valence-corrected chi connectivity index (χ0v) is 28.5. The molecule has 2 aromatic heterocycles. The minimum absolute atomic E-state index is 0.594. The lowest BCUT2D eigenvalue weighted by atomic mass is 9.93. The highest BCUT2D eigenvalue weighted by molar-refractivity contribution is 6.30. The molecule has 2 heterocycles. The molecule has 0 aliphatic heterocycles. The van der Waals surface area contributed by atoms with E-state index in [4.69, 9.17) is 19.4 Å². The summed E-state index contributed by atoms with van der Waals surface area (Å²) >= 11 is 0. The second-order valence-corrected chi connectivity index (χ2v) is 13.6. The second kappa shape index (κ2) is 11.7. The van der Waals surface area contributed by atoms with Gasteiger partial charge in [-0.3, -0.25) is 0 Å². The molecule has 0 saturated heterocycles. The first-order chi connectivity index (χ1) is 26.2. The molecule has 0 saturated carbocycles. The highest BCUT2D eigenvalue weighted by Gasteiger charge is 2.21. The van der Waals surface area contributed by atoms with Crippen molar-refractivity contribution >= 4 is 65.0 Å². The van der Waals surface area contributed by atoms with Crippen LogP contribution in [0.1, 0.15) is 0 Å². The Bertz CT molecular complexity index is 3220. The van der Waals surface area contributed by atoms with Gasteiger partial charge in [0.15, 0.2) is 17.5 Å². The van der Waals surface area contributed by atoms with Crippen LogP contribution in [0.3, 0.4) is 0 Å². The molecule has 11 rings (SSSR count). The molecule has 0 N–H and O–H groups in total. The Morgan fingerprint density at radius 2 is 0.906 bits per heavy atom. The summed E-state index contributed by atoms with van der Waals surface area (Å²) in [7, 11) is 0. The van der Waals surface area contributed by atoms with Gasteiger partial charge in [-0.15, -0.1) is 0 Å². The second-order valence-electron chi connectivity index (χ2n) is 13.6. The van der Waals surface area contributed by atoms with Crippen LogP contribution < -0.4 is 0 Å². The Hall–Kier alpha value is -7.17. The van der Waals surface area contributed by atoms with Gasteiger partial charge in [-0.05, 0) is 79.2 Å². The largest absolute Gasteiger partial charge is 0.456 e. The number of nitrogens with zero attached hydrogens (tertiary/aromatic N) is 3. The first-order valence-corrected chi connectivity index (χ1v) is 17.9. The monoisotopic (exact) mass is 675 g/mol. The minimum atomic E-state index is 0.594. The number of benzene rings is 9. The van der Waals surface area contributed by atoms with Crippen LogP contribution in [0.2, 0.25) is 0 Å². The zero-order valence-electron chi connectivity index (χ0n) is 28.5. The van der Waals surface area contributed by atoms with Crippen molar-refractivity contribution in [2.45, 2.75) is 0 Å². The van der Waals surface area contributed by atoms with Gasteiger partial charge in [-0.2, -0.15) is 0 Å². The van der Waals surface area contributed by atoms with Crippen molar-refractivity contribution in [3.63, 3.8) is 0 Å². The number of rotatable bonds is 4. The van der Waals surface area contributed by atoms with Crippen molar-refractivity contribution < 1.29 is 4.42 Å². The lowest BCUT2D eigenvalue weighted by Crippen LogP contribution is -2.01. The van der Waals surface area contributed by atoms with Crippen LogP contribution in [0, 0.1) is 0 Å². The SMILES string of the molecule is c1ccc(-c2nc(-c3cc(-c4ccccc4)c4ccccc4c3)nc(-c3cc4oc5cc6ccccc6cc5c4c4c3ccc3ccccc34)n2)cc1. The molecule has 0 amide bonds. The summed E-state index contributed by atoms with van der Waals surface area (Å²) in [4.78, 5) is 15.7. The van der Waals surface area contributed by atoms with Gasteiger partial charge in [-0.1, -0.05) is 146 Å². The third-order valence-electron chi connectivity index (χ3n) is 10.4. The Morgan fingerprint density at radius 3 is 1.68 bits per heavy atom. The van der Waals surface area contributed by atoms with E-state index in [0.717, 1.165) is 76.7 Å². The van der Waals surface area contributed by atoms with E-state index in [1.54, 1.807) is 0 Å². The van der Waals surface area contributed by atoms with E-state index in [1.165, 1.54) is 16.2 Å². The van der Waals surface area contributed by atoms with Crippen molar-refractivity contribution in [3.05, 3.63) is 176 Å². The summed E-state index contributed by atoms with van der Waals surface area (Å²) in [6.45, 7) is 0. The summed E-state index contributed by atoms with van der Waals surface area (Å²) < 4.78 is 6.75. The fraction of sp³-hybridized carbons (Fsp3) is 0. The quantitative estimate of drug-likeness (QED) is 0.174. The van der Waals surface area contributed by atoms with Gasteiger partial charge in [0.1, 0.15) is 11.2 Å². The fourth-order valence-corrected chi connectivity index (χ4v) is 7.96. The fourth-order valence-electron chi connectivity index (χ4n) is 7.96. The molecule has 0 unspecified atom stereocenters. The van der Waals surface area contributed by atoms with Crippen LogP contribution in [0.15, 0.2) is 180 Å². The van der Waals surface area contributed by atoms with E-state index in [9.17, 15) is 0 Å². The lowest BCUT2D eigenvalue weighted by molar-refractivity contribution is 0.670. The summed E-state index contributed by atoms with van der Waals surface area (Å²) in [5, 5.41) is 11.3. The Balaban J connectivity index is 1.23. The van der Waals surface area contributed by atoms with E-state index in [1.807, 2.05) is 18.2 Å². The molecular weight excluding hydrogens is 647 g/mol. The number of fused-ring (bicyclic) bond motifs is 9. The van der Waals surface area contributed by atoms with Crippen LogP contribution in [0.25, 0.3) is 110 Å². The standard InChI is InChI=1S/C49H29N3O/c1-3-13-30(14-4-1)40-27-36(25-35-20-10-11-21-37(35)40)48-50-47(32-16-5-2-6-17-32)51-49(52-48)41-29-44-46(45-38-22-12-9-15-31(38)23-24-39(41)45)42-26-33-18-7-8-19-34(33)28-43(42)53-44/h1-29H. The van der Waals surface area contributed by atoms with Crippen LogP contribution in [-0.2, 0) is 0 Å². The highest BCUT2D eigenvalue weighted by Crippen LogP contribution is 2.44. The number of furan rings is 1. The smallest absolute Gasteiger partial charge is 0.164 e. The van der Waals surface area contributed by atoms with Crippen LogP contribution >= 0.6 is 0 Å². The van der Waals surface area contributed by atoms with Crippen LogP contribution in [-0.4, -0.2) is 15.0 Å². The molecule has 0 radical (unpaired) electrons. The predicted molar refractivity (Wildman–Crippen MR) is 219 cm³/mol. The molecule has 11 aromatic rings. The average Bonchev–Trinajstić information content (AvgIpc) is 3.59. The maximum Gasteiger partial charge on any atom is 0.164 e. The molecule has 0 atom stereocenters. The van der Waals surface area contributed by atoms with Crippen LogP contribution in [0.4, 0.5) is 0 Å². The molecule has 4 heteroatoms. The van der Waals surface area contributed by atoms with Gasteiger partial charge in [0, 0.05) is 32.8 Å². The van der Waals surface area contributed by atoms with E-state index in [2.05, 4.69) is 158 Å². The van der Waals surface area contributed by atoms with Gasteiger partial charge >= 0.3 is 0 Å². The number of hydrogen-bond donors (Lipinski definition) is 0. The molecule has 4 nitrogen and oxygen atoms in total. The molecule has 0 spiro atoms. The summed E-state index contributed by atoms with van der Waals surface area (Å²) in [5.74, 6) is 1.82. The van der Waals surface area contributed by atoms with Gasteiger partial charge in [0.05, 0.1) is 0 Å². The van der Waals surface area contributed by atoms with Crippen molar-refractivity contribution in [1.29, 1.82) is 0 Å². The third-order valence-corrected chi connectivity index (χ3v) is 10.4. The lowest BCUT2D eigenvalue weighted by Gasteiger charge is -2.14. The molecule has 0 aliphatic rings. The molecular formula is C49H29N3O. The maximum atomic E-state index is 6.75. The van der Waals surface area contributed by atoms with E-state index in [0.29, 0.717) is 17.5 Å². The molecule has 53 heavy (non-hydrogen) atoms. The molecule has 0 fully saturated rings. The first kappa shape index (κ1) is 29.5. The van der Waals surface area contributed by atoms with Crippen LogP contribution in [0.5, 0.6) is 0 Å². The summed E-state index contributed by atoms with van der Waals surface area (Å²) in [6, 6.07) is 61.6. The van der Waals surface area contributed by atoms with E-state index >= 15 is 0 Å². The average molecular weight is 676 g/mol. The Labute approximate surface area is 304 Å². The van der Waals surface area contributed by atoms with Crippen molar-refractivity contribution in [1.82, 2.24) is 15.0 Å². The Kier molecular flexibility index (Phi) is 6.52. The number of hydrogen-bond acceptors (Lipinski definition) is 4. The molecule has 9 aromatic carbocycles. The van der Waals surface area contributed by atoms with Gasteiger partial charge in [0.2, 0.25) is 0 Å². The molecule has 0 aliphatic carbocycles. The zero-order chi connectivity index (χ0) is 34.9. The van der Waals surface area contributed by atoms with Crippen molar-refractivity contribution in [3.8, 4) is 45.3 Å². The summed E-state index contributed by atoms with van der Waals surface area (Å²) in [6.07, 6.45) is 0. The summed E-state index contributed by atoms with van der Waals surface area (Å²) in [5.41, 5.74) is 6.68. The minimum Gasteiger partial charge on any atom is -0.456 e. The first-order valence-electron chi connectivity index (χ1n) is 17.9. The normalized spacial score (nSPS) is 11.8. The van der Waals surface area contributed by atoms with Gasteiger partial charge in [-0.25, -0.2) is 15.0 Å². The topological polar surface area (TPSA) is 51.8 Å². The van der Waals surface area contributed by atoms with Gasteiger partial charge in [0.25, 0.3) is 0 Å². The van der Waals surface area contributed by atoms with Crippen molar-refractivity contribution in [2.75, 3.05) is 0 Å². The van der Waals surface area contributed by atoms with Crippen molar-refractivity contribution in [2.24, 2.45) is 0 Å².